The van der Waals surface area contributed by atoms with E-state index in [0.717, 1.165) is 53.1 Å². The highest BCUT2D eigenvalue weighted by atomic mass is 127. The predicted octanol–water partition coefficient (Wildman–Crippen LogP) is 8.29. The van der Waals surface area contributed by atoms with Crippen molar-refractivity contribution in [3.63, 3.8) is 0 Å². The molecule has 0 radical (unpaired) electrons. The van der Waals surface area contributed by atoms with Crippen molar-refractivity contribution < 1.29 is 72.2 Å². The van der Waals surface area contributed by atoms with Crippen LogP contribution in [0.15, 0.2) is 48.7 Å². The number of alkyl halides is 11. The molecule has 1 unspecified atom stereocenters. The van der Waals surface area contributed by atoms with Gasteiger partial charge in [0, 0.05) is 15.3 Å². The van der Waals surface area contributed by atoms with Crippen molar-refractivity contribution >= 4 is 57.4 Å². The van der Waals surface area contributed by atoms with Crippen molar-refractivity contribution in [2.24, 2.45) is 0 Å². The Labute approximate surface area is 260 Å². The van der Waals surface area contributed by atoms with E-state index in [1.807, 2.05) is 0 Å². The van der Waals surface area contributed by atoms with Gasteiger partial charge in [0.1, 0.15) is 10.8 Å². The highest BCUT2D eigenvalue weighted by molar-refractivity contribution is 14.1. The van der Waals surface area contributed by atoms with Gasteiger partial charge in [0.05, 0.1) is 16.8 Å². The number of rotatable bonds is 8. The number of carbonyl (C=O) groups excluding carboxylic acids is 2. The topological polar surface area (TPSA) is 91.8 Å². The third-order valence-corrected chi connectivity index (χ3v) is 6.78. The van der Waals surface area contributed by atoms with E-state index < -0.39 is 86.1 Å². The van der Waals surface area contributed by atoms with Gasteiger partial charge in [0.25, 0.3) is 11.8 Å². The second kappa shape index (κ2) is 12.7. The lowest BCUT2D eigenvalue weighted by atomic mass is 9.87. The second-order valence-corrected chi connectivity index (χ2v) is 10.1. The number of hydrogen-bond acceptors (Lipinski definition) is 5. The van der Waals surface area contributed by atoms with E-state index in [0.29, 0.717) is 6.07 Å². The minimum absolute atomic E-state index is 0.0524. The number of carbonyl (C=O) groups is 2. The first kappa shape index (κ1) is 35.9. The van der Waals surface area contributed by atoms with Crippen molar-refractivity contribution in [1.29, 1.82) is 0 Å². The standard InChI is InChI=1S/C24H11ClF12IN3O4/c25-15-5-4-9(8-39-15)19(43)41(44)13-3-1-2-11(16(13)26)18(42)40-17-12(38)6-10(7-14(17)45-20(27)28)21(29,23(32,33)34)22(30,31)24(35,36)37/h1-8,20,44H,(H,40,42). The summed E-state index contributed by atoms with van der Waals surface area (Å²) in [6.45, 7) is -4.02. The molecular formula is C24H11ClF12IN3O4. The van der Waals surface area contributed by atoms with Crippen LogP contribution in [-0.4, -0.2) is 46.9 Å². The lowest BCUT2D eigenvalue weighted by Crippen LogP contribution is -2.59. The van der Waals surface area contributed by atoms with Crippen LogP contribution < -0.4 is 15.1 Å². The molecule has 0 fully saturated rings. The van der Waals surface area contributed by atoms with Gasteiger partial charge in [-0.05, 0) is 59.0 Å². The van der Waals surface area contributed by atoms with Gasteiger partial charge < -0.3 is 10.1 Å². The summed E-state index contributed by atoms with van der Waals surface area (Å²) in [6.07, 6.45) is -13.2. The summed E-state index contributed by atoms with van der Waals surface area (Å²) in [5.41, 5.74) is -12.6. The number of ether oxygens (including phenoxy) is 1. The average Bonchev–Trinajstić information content (AvgIpc) is 2.92. The van der Waals surface area contributed by atoms with Crippen molar-refractivity contribution in [2.45, 2.75) is 30.6 Å². The molecule has 1 heterocycles. The third-order valence-electron chi connectivity index (χ3n) is 5.70. The fraction of sp³-hybridized carbons (Fsp3) is 0.208. The van der Waals surface area contributed by atoms with E-state index in [9.17, 15) is 63.1 Å². The van der Waals surface area contributed by atoms with E-state index >= 15 is 4.39 Å². The highest BCUT2D eigenvalue weighted by Gasteiger charge is 2.81. The van der Waals surface area contributed by atoms with Gasteiger partial charge in [-0.15, -0.1) is 0 Å². The zero-order valence-electron chi connectivity index (χ0n) is 21.1. The summed E-state index contributed by atoms with van der Waals surface area (Å²) >= 11 is 6.47. The number of nitrogens with zero attached hydrogens (tertiary/aromatic N) is 2. The zero-order chi connectivity index (χ0) is 34.3. The molecule has 0 aliphatic heterocycles. The summed E-state index contributed by atoms with van der Waals surface area (Å²) in [7, 11) is 0. The van der Waals surface area contributed by atoms with E-state index in [2.05, 4.69) is 9.72 Å². The monoisotopic (exact) mass is 795 g/mol. The first-order valence-electron chi connectivity index (χ1n) is 11.3. The smallest absolute Gasteiger partial charge is 0.433 e. The molecule has 244 valence electrons. The molecule has 0 aliphatic rings. The Morgan fingerprint density at radius 3 is 2.11 bits per heavy atom. The molecule has 7 nitrogen and oxygen atoms in total. The number of amides is 2. The number of aromatic nitrogens is 1. The van der Waals surface area contributed by atoms with Crippen LogP contribution in [0, 0.1) is 9.39 Å². The molecule has 3 rings (SSSR count). The largest absolute Gasteiger partial charge is 0.457 e. The van der Waals surface area contributed by atoms with Crippen molar-refractivity contribution in [2.75, 3.05) is 10.4 Å². The van der Waals surface area contributed by atoms with Gasteiger partial charge >= 0.3 is 30.6 Å². The Morgan fingerprint density at radius 2 is 1.60 bits per heavy atom. The van der Waals surface area contributed by atoms with E-state index in [-0.39, 0.29) is 21.8 Å². The molecule has 0 saturated carbocycles. The quantitative estimate of drug-likeness (QED) is 0.0788. The molecule has 1 atom stereocenters. The van der Waals surface area contributed by atoms with Crippen molar-refractivity contribution in [1.82, 2.24) is 4.98 Å². The second-order valence-electron chi connectivity index (χ2n) is 8.52. The van der Waals surface area contributed by atoms with Gasteiger partial charge in [-0.3, -0.25) is 14.8 Å². The number of halogens is 14. The Bertz CT molecular complexity index is 1610. The molecule has 21 heteroatoms. The molecule has 0 saturated heterocycles. The molecule has 45 heavy (non-hydrogen) atoms. The number of hydrogen-bond donors (Lipinski definition) is 2. The lowest BCUT2D eigenvalue weighted by Gasteiger charge is -2.36. The minimum Gasteiger partial charge on any atom is -0.433 e. The molecule has 3 aromatic rings. The maximum atomic E-state index is 15.3. The molecule has 0 aliphatic carbocycles. The predicted molar refractivity (Wildman–Crippen MR) is 138 cm³/mol. The van der Waals surface area contributed by atoms with E-state index in [4.69, 9.17) is 11.6 Å². The zero-order valence-corrected chi connectivity index (χ0v) is 24.0. The normalized spacial score (nSPS) is 13.8. The minimum atomic E-state index is -7.16. The lowest BCUT2D eigenvalue weighted by molar-refractivity contribution is -0.389. The van der Waals surface area contributed by atoms with Crippen LogP contribution in [0.5, 0.6) is 5.75 Å². The van der Waals surface area contributed by atoms with Crippen LogP contribution in [0.3, 0.4) is 0 Å². The molecule has 0 bridgehead atoms. The van der Waals surface area contributed by atoms with Crippen molar-refractivity contribution in [3.8, 4) is 5.75 Å². The van der Waals surface area contributed by atoms with Gasteiger partial charge in [0.2, 0.25) is 0 Å². The van der Waals surface area contributed by atoms with E-state index in [1.54, 1.807) is 5.32 Å². The molecule has 0 spiro atoms. The highest BCUT2D eigenvalue weighted by Crippen LogP contribution is 2.59. The molecule has 2 N–H and O–H groups in total. The maximum absolute atomic E-state index is 15.3. The summed E-state index contributed by atoms with van der Waals surface area (Å²) in [5.74, 6) is -13.5. The fourth-order valence-electron chi connectivity index (χ4n) is 3.58. The van der Waals surface area contributed by atoms with Crippen LogP contribution in [0.1, 0.15) is 26.3 Å². The number of anilines is 2. The first-order valence-corrected chi connectivity index (χ1v) is 12.7. The SMILES string of the molecule is O=C(Nc1c(I)cc(C(F)(C(F)(F)F)C(F)(F)C(F)(F)F)cc1OC(F)F)c1cccc(N(O)C(=O)c2ccc(Cl)nc2)c1F. The Balaban J connectivity index is 2.09. The maximum Gasteiger partial charge on any atom is 0.457 e. The number of hydroxylamine groups is 1. The van der Waals surface area contributed by atoms with Gasteiger partial charge in [-0.1, -0.05) is 17.7 Å². The summed E-state index contributed by atoms with van der Waals surface area (Å²) in [4.78, 5) is 29.0. The molecule has 1 aromatic heterocycles. The van der Waals surface area contributed by atoms with Crippen LogP contribution >= 0.6 is 34.2 Å². The van der Waals surface area contributed by atoms with Crippen molar-refractivity contribution in [3.05, 3.63) is 79.9 Å². The van der Waals surface area contributed by atoms with Gasteiger partial charge in [-0.2, -0.15) is 49.0 Å². The number of pyridine rings is 1. The summed E-state index contributed by atoms with van der Waals surface area (Å²) in [6, 6.07) is 3.78. The molecule has 2 amide bonds. The van der Waals surface area contributed by atoms with E-state index in [1.165, 1.54) is 0 Å². The molecule has 2 aromatic carbocycles. The van der Waals surface area contributed by atoms with Gasteiger partial charge in [-0.25, -0.2) is 13.8 Å². The summed E-state index contributed by atoms with van der Waals surface area (Å²) in [5, 5.41) is 11.6. The Morgan fingerprint density at radius 1 is 0.978 bits per heavy atom. The third kappa shape index (κ3) is 6.86. The fourth-order valence-corrected chi connectivity index (χ4v) is 4.43. The van der Waals surface area contributed by atoms with Crippen LogP contribution in [0.4, 0.5) is 64.1 Å². The first-order chi connectivity index (χ1) is 20.5. The van der Waals surface area contributed by atoms with Gasteiger partial charge in [0.15, 0.2) is 11.6 Å². The molecular weight excluding hydrogens is 785 g/mol. The number of nitrogens with one attached hydrogen (secondary N) is 1. The summed E-state index contributed by atoms with van der Waals surface area (Å²) < 4.78 is 166. The Kier molecular flexibility index (Phi) is 10.1. The van der Waals surface area contributed by atoms with Crippen LogP contribution in [0.25, 0.3) is 0 Å². The average molecular weight is 796 g/mol. The van der Waals surface area contributed by atoms with Crippen LogP contribution in [-0.2, 0) is 5.67 Å². The van der Waals surface area contributed by atoms with Crippen LogP contribution in [0.2, 0.25) is 5.15 Å². The number of benzene rings is 2. The Hall–Kier alpha value is -3.53.